The maximum atomic E-state index is 3.53. The average Bonchev–Trinajstić information content (AvgIpc) is 2.42. The minimum atomic E-state index is 0.857. The predicted molar refractivity (Wildman–Crippen MR) is 89.0 cm³/mol. The van der Waals surface area contributed by atoms with Crippen LogP contribution in [0, 0.1) is 6.92 Å². The number of nitrogens with one attached hydrogen (secondary N) is 1. The molecule has 0 aliphatic heterocycles. The van der Waals surface area contributed by atoms with E-state index < -0.39 is 0 Å². The molecule has 100 valence electrons. The maximum absolute atomic E-state index is 3.53. The van der Waals surface area contributed by atoms with Crippen molar-refractivity contribution in [3.05, 3.63) is 58.1 Å². The SMILES string of the molecule is CCSc1ccccc1NCc1ccc(Br)c(C)c1. The first-order valence-corrected chi connectivity index (χ1v) is 8.19. The molecule has 0 amide bonds. The topological polar surface area (TPSA) is 12.0 Å². The average molecular weight is 336 g/mol. The van der Waals surface area contributed by atoms with Gasteiger partial charge in [0.2, 0.25) is 0 Å². The molecular formula is C16H18BrNS. The summed E-state index contributed by atoms with van der Waals surface area (Å²) in [5, 5.41) is 3.52. The van der Waals surface area contributed by atoms with Crippen molar-refractivity contribution in [1.82, 2.24) is 0 Å². The van der Waals surface area contributed by atoms with Gasteiger partial charge in [0.15, 0.2) is 0 Å². The number of benzene rings is 2. The van der Waals surface area contributed by atoms with Gasteiger partial charge in [-0.25, -0.2) is 0 Å². The van der Waals surface area contributed by atoms with Gasteiger partial charge in [-0.1, -0.05) is 47.1 Å². The normalized spacial score (nSPS) is 10.5. The fraction of sp³-hybridized carbons (Fsp3) is 0.250. The molecule has 0 aliphatic rings. The number of para-hydroxylation sites is 1. The predicted octanol–water partition coefficient (Wildman–Crippen LogP) is 5.48. The van der Waals surface area contributed by atoms with Crippen molar-refractivity contribution in [2.75, 3.05) is 11.1 Å². The van der Waals surface area contributed by atoms with Crippen LogP contribution in [-0.4, -0.2) is 5.75 Å². The molecule has 0 fully saturated rings. The van der Waals surface area contributed by atoms with Gasteiger partial charge in [-0.15, -0.1) is 11.8 Å². The number of halogens is 1. The molecule has 0 unspecified atom stereocenters. The van der Waals surface area contributed by atoms with Gasteiger partial charge in [-0.05, 0) is 42.0 Å². The van der Waals surface area contributed by atoms with Crippen LogP contribution >= 0.6 is 27.7 Å². The summed E-state index contributed by atoms with van der Waals surface area (Å²) in [6.45, 7) is 5.16. The lowest BCUT2D eigenvalue weighted by molar-refractivity contribution is 1.12. The van der Waals surface area contributed by atoms with E-state index >= 15 is 0 Å². The molecule has 0 aromatic heterocycles. The summed E-state index contributed by atoms with van der Waals surface area (Å²) in [5.74, 6) is 1.09. The van der Waals surface area contributed by atoms with Gasteiger partial charge in [0, 0.05) is 21.6 Å². The van der Waals surface area contributed by atoms with Gasteiger partial charge in [0.1, 0.15) is 0 Å². The molecule has 2 rings (SSSR count). The van der Waals surface area contributed by atoms with E-state index in [1.165, 1.54) is 21.7 Å². The van der Waals surface area contributed by atoms with E-state index in [1.807, 2.05) is 11.8 Å². The zero-order valence-electron chi connectivity index (χ0n) is 11.2. The van der Waals surface area contributed by atoms with Gasteiger partial charge in [0.05, 0.1) is 0 Å². The fourth-order valence-electron chi connectivity index (χ4n) is 1.91. The first kappa shape index (κ1) is 14.5. The van der Waals surface area contributed by atoms with Crippen molar-refractivity contribution in [2.24, 2.45) is 0 Å². The van der Waals surface area contributed by atoms with E-state index in [4.69, 9.17) is 0 Å². The van der Waals surface area contributed by atoms with Crippen LogP contribution in [0.25, 0.3) is 0 Å². The Balaban J connectivity index is 2.07. The first-order valence-electron chi connectivity index (χ1n) is 6.41. The Morgan fingerprint density at radius 1 is 1.16 bits per heavy atom. The lowest BCUT2D eigenvalue weighted by Crippen LogP contribution is -2.01. The molecule has 19 heavy (non-hydrogen) atoms. The van der Waals surface area contributed by atoms with Crippen molar-refractivity contribution in [3.63, 3.8) is 0 Å². The summed E-state index contributed by atoms with van der Waals surface area (Å²) in [7, 11) is 0. The Bertz CT molecular complexity index is 554. The second-order valence-corrected chi connectivity index (χ2v) is 6.53. The zero-order valence-corrected chi connectivity index (χ0v) is 13.6. The number of hydrogen-bond acceptors (Lipinski definition) is 2. The molecule has 0 bridgehead atoms. The molecular weight excluding hydrogens is 318 g/mol. The van der Waals surface area contributed by atoms with E-state index in [9.17, 15) is 0 Å². The molecule has 0 aliphatic carbocycles. The van der Waals surface area contributed by atoms with E-state index in [0.29, 0.717) is 0 Å². The molecule has 2 aromatic rings. The lowest BCUT2D eigenvalue weighted by atomic mass is 10.1. The Labute approximate surface area is 127 Å². The Kier molecular flexibility index (Phi) is 5.34. The Morgan fingerprint density at radius 3 is 2.68 bits per heavy atom. The van der Waals surface area contributed by atoms with Crippen LogP contribution in [0.15, 0.2) is 51.8 Å². The standard InChI is InChI=1S/C16H18BrNS/c1-3-19-16-7-5-4-6-15(16)18-11-13-8-9-14(17)12(2)10-13/h4-10,18H,3,11H2,1-2H3. The number of anilines is 1. The monoisotopic (exact) mass is 335 g/mol. The summed E-state index contributed by atoms with van der Waals surface area (Å²) >= 11 is 5.41. The minimum Gasteiger partial charge on any atom is -0.380 e. The molecule has 0 spiro atoms. The van der Waals surface area contributed by atoms with Crippen LogP contribution in [0.1, 0.15) is 18.1 Å². The van der Waals surface area contributed by atoms with E-state index in [0.717, 1.165) is 16.8 Å². The zero-order chi connectivity index (χ0) is 13.7. The second-order valence-electron chi connectivity index (χ2n) is 4.37. The largest absolute Gasteiger partial charge is 0.380 e. The van der Waals surface area contributed by atoms with E-state index in [1.54, 1.807) is 0 Å². The van der Waals surface area contributed by atoms with Crippen LogP contribution < -0.4 is 5.32 Å². The highest BCUT2D eigenvalue weighted by Gasteiger charge is 2.02. The Hall–Kier alpha value is -0.930. The van der Waals surface area contributed by atoms with Crippen LogP contribution in [0.2, 0.25) is 0 Å². The second kappa shape index (κ2) is 7.01. The van der Waals surface area contributed by atoms with Crippen molar-refractivity contribution in [1.29, 1.82) is 0 Å². The fourth-order valence-corrected chi connectivity index (χ4v) is 2.94. The number of hydrogen-bond donors (Lipinski definition) is 1. The van der Waals surface area contributed by atoms with Crippen LogP contribution in [0.5, 0.6) is 0 Å². The van der Waals surface area contributed by atoms with Crippen LogP contribution in [0.4, 0.5) is 5.69 Å². The van der Waals surface area contributed by atoms with Crippen LogP contribution in [-0.2, 0) is 6.54 Å². The van der Waals surface area contributed by atoms with Crippen molar-refractivity contribution in [3.8, 4) is 0 Å². The van der Waals surface area contributed by atoms with Gasteiger partial charge < -0.3 is 5.32 Å². The summed E-state index contributed by atoms with van der Waals surface area (Å²) in [5.41, 5.74) is 3.79. The quantitative estimate of drug-likeness (QED) is 0.726. The van der Waals surface area contributed by atoms with E-state index in [-0.39, 0.29) is 0 Å². The Morgan fingerprint density at radius 2 is 1.95 bits per heavy atom. The molecule has 0 saturated carbocycles. The number of thioether (sulfide) groups is 1. The number of aryl methyl sites for hydroxylation is 1. The van der Waals surface area contributed by atoms with Gasteiger partial charge >= 0.3 is 0 Å². The van der Waals surface area contributed by atoms with Gasteiger partial charge in [-0.3, -0.25) is 0 Å². The van der Waals surface area contributed by atoms with Crippen molar-refractivity contribution >= 4 is 33.4 Å². The third-order valence-electron chi connectivity index (χ3n) is 2.89. The third-order valence-corrected chi connectivity index (χ3v) is 4.74. The highest BCUT2D eigenvalue weighted by atomic mass is 79.9. The van der Waals surface area contributed by atoms with E-state index in [2.05, 4.69) is 77.6 Å². The first-order chi connectivity index (χ1) is 9.20. The summed E-state index contributed by atoms with van der Waals surface area (Å²) in [6, 6.07) is 15.0. The highest BCUT2D eigenvalue weighted by molar-refractivity contribution is 9.10. The van der Waals surface area contributed by atoms with Crippen LogP contribution in [0.3, 0.4) is 0 Å². The number of rotatable bonds is 5. The molecule has 0 heterocycles. The molecule has 0 atom stereocenters. The smallest absolute Gasteiger partial charge is 0.0481 e. The van der Waals surface area contributed by atoms with Crippen molar-refractivity contribution in [2.45, 2.75) is 25.3 Å². The molecule has 1 N–H and O–H groups in total. The molecule has 0 radical (unpaired) electrons. The molecule has 2 aromatic carbocycles. The lowest BCUT2D eigenvalue weighted by Gasteiger charge is -2.11. The minimum absolute atomic E-state index is 0.857. The molecule has 0 saturated heterocycles. The van der Waals surface area contributed by atoms with Gasteiger partial charge in [-0.2, -0.15) is 0 Å². The maximum Gasteiger partial charge on any atom is 0.0481 e. The third kappa shape index (κ3) is 4.02. The van der Waals surface area contributed by atoms with Gasteiger partial charge in [0.25, 0.3) is 0 Å². The summed E-state index contributed by atoms with van der Waals surface area (Å²) < 4.78 is 1.16. The molecule has 1 nitrogen and oxygen atoms in total. The summed E-state index contributed by atoms with van der Waals surface area (Å²) in [6.07, 6.45) is 0. The summed E-state index contributed by atoms with van der Waals surface area (Å²) in [4.78, 5) is 1.32. The molecule has 3 heteroatoms. The van der Waals surface area contributed by atoms with Crippen molar-refractivity contribution < 1.29 is 0 Å². The highest BCUT2D eigenvalue weighted by Crippen LogP contribution is 2.27.